The van der Waals surface area contributed by atoms with Crippen LogP contribution in [0.3, 0.4) is 0 Å². The number of anilines is 3. The fraction of sp³-hybridized carbons (Fsp3) is 0.688. The van der Waals surface area contributed by atoms with Crippen molar-refractivity contribution >= 4 is 33.3 Å². The van der Waals surface area contributed by atoms with Gasteiger partial charge in [0.05, 0.1) is 37.6 Å². The molecule has 3 rings (SSSR count). The van der Waals surface area contributed by atoms with E-state index in [9.17, 15) is 18.0 Å². The molecule has 8 nitrogen and oxygen atoms in total. The highest BCUT2D eigenvalue weighted by Crippen LogP contribution is 2.39. The maximum Gasteiger partial charge on any atom is 0.434 e. The van der Waals surface area contributed by atoms with E-state index < -0.39 is 21.9 Å². The number of nitrogens with one attached hydrogen (secondary N) is 1. The number of halogens is 3. The molecule has 0 saturated heterocycles. The number of hydrogen-bond acceptors (Lipinski definition) is 7. The molecule has 1 aromatic carbocycles. The highest BCUT2D eigenvalue weighted by atomic mass is 32.3. The second-order valence-electron chi connectivity index (χ2n) is 13.0. The van der Waals surface area contributed by atoms with E-state index in [1.54, 1.807) is 7.11 Å². The summed E-state index contributed by atoms with van der Waals surface area (Å²) < 4.78 is 59.2. The van der Waals surface area contributed by atoms with E-state index in [2.05, 4.69) is 47.8 Å². The first-order chi connectivity index (χ1) is 20.6. The standard InChI is InChI=1S/C32H51F3N4O4S/c1-22(2)19-39(25-10-12-26(41-4)13-11-25)28-14-9-24(23(3)17-30(40)42-5)18-27(28)36-31-37-29(32(33,34)35)20-38(31)21-43-15-16-44(6,7)8/h9,14,18,20,22-23,25-26H,10-13,15-17,19,21H2,1-8H3,(H,36,37)/t23-,25?,26?/m1/s1. The molecule has 1 fully saturated rings. The number of carbonyl (C=O) groups is 1. The molecular formula is C32H51F3N4O4S. The smallest absolute Gasteiger partial charge is 0.434 e. The summed E-state index contributed by atoms with van der Waals surface area (Å²) in [5.41, 5.74) is 1.40. The Morgan fingerprint density at radius 3 is 2.39 bits per heavy atom. The van der Waals surface area contributed by atoms with Gasteiger partial charge in [0.2, 0.25) is 5.95 Å². The maximum absolute atomic E-state index is 13.8. The molecule has 250 valence electrons. The lowest BCUT2D eigenvalue weighted by molar-refractivity contribution is -0.141. The molecule has 0 spiro atoms. The summed E-state index contributed by atoms with van der Waals surface area (Å²) in [6.07, 6.45) is 7.09. The number of carbonyl (C=O) groups excluding carboxylic acids is 1. The zero-order valence-corrected chi connectivity index (χ0v) is 28.3. The first-order valence-electron chi connectivity index (χ1n) is 15.3. The Morgan fingerprint density at radius 2 is 1.82 bits per heavy atom. The summed E-state index contributed by atoms with van der Waals surface area (Å²) in [6, 6.07) is 6.17. The average Bonchev–Trinajstić information content (AvgIpc) is 3.36. The summed E-state index contributed by atoms with van der Waals surface area (Å²) in [5.74, 6) is 0.745. The third-order valence-electron chi connectivity index (χ3n) is 7.96. The number of aromatic nitrogens is 2. The van der Waals surface area contributed by atoms with E-state index in [4.69, 9.17) is 14.2 Å². The first kappa shape index (κ1) is 36.0. The van der Waals surface area contributed by atoms with Gasteiger partial charge in [-0.25, -0.2) is 15.0 Å². The molecule has 1 N–H and O–H groups in total. The predicted molar refractivity (Wildman–Crippen MR) is 173 cm³/mol. The molecule has 1 saturated carbocycles. The molecule has 1 aromatic heterocycles. The number of imidazole rings is 1. The van der Waals surface area contributed by atoms with Gasteiger partial charge < -0.3 is 24.4 Å². The van der Waals surface area contributed by atoms with Crippen molar-refractivity contribution in [3.05, 3.63) is 35.7 Å². The second kappa shape index (κ2) is 15.7. The molecule has 0 amide bonds. The van der Waals surface area contributed by atoms with Crippen LogP contribution in [0, 0.1) is 5.92 Å². The van der Waals surface area contributed by atoms with E-state index >= 15 is 0 Å². The van der Waals surface area contributed by atoms with Crippen molar-refractivity contribution in [3.8, 4) is 0 Å². The molecule has 1 heterocycles. The van der Waals surface area contributed by atoms with Gasteiger partial charge in [-0.15, -0.1) is 0 Å². The van der Waals surface area contributed by atoms with Crippen LogP contribution in [0.4, 0.5) is 30.5 Å². The van der Waals surface area contributed by atoms with E-state index in [1.165, 1.54) is 11.7 Å². The zero-order chi connectivity index (χ0) is 32.7. The minimum atomic E-state index is -4.61. The van der Waals surface area contributed by atoms with Crippen LogP contribution >= 0.6 is 10.0 Å². The molecule has 0 unspecified atom stereocenters. The van der Waals surface area contributed by atoms with Gasteiger partial charge in [-0.1, -0.05) is 26.8 Å². The van der Waals surface area contributed by atoms with Crippen LogP contribution in [0.1, 0.15) is 70.1 Å². The Labute approximate surface area is 262 Å². The number of benzene rings is 1. The van der Waals surface area contributed by atoms with Crippen molar-refractivity contribution in [2.45, 2.75) is 83.8 Å². The van der Waals surface area contributed by atoms with Crippen molar-refractivity contribution in [2.75, 3.05) is 62.1 Å². The third kappa shape index (κ3) is 10.6. The lowest BCUT2D eigenvalue weighted by Gasteiger charge is -2.40. The monoisotopic (exact) mass is 644 g/mol. The van der Waals surface area contributed by atoms with Crippen molar-refractivity contribution < 1.29 is 32.2 Å². The van der Waals surface area contributed by atoms with Crippen molar-refractivity contribution in [1.29, 1.82) is 0 Å². The van der Waals surface area contributed by atoms with Crippen LogP contribution in [-0.2, 0) is 31.9 Å². The van der Waals surface area contributed by atoms with Crippen LogP contribution in [0.25, 0.3) is 0 Å². The Hall–Kier alpha value is -2.44. The summed E-state index contributed by atoms with van der Waals surface area (Å²) in [6.45, 7) is 7.40. The summed E-state index contributed by atoms with van der Waals surface area (Å²) in [7, 11) is 2.29. The predicted octanol–water partition coefficient (Wildman–Crippen LogP) is 7.40. The molecular weight excluding hydrogens is 593 g/mol. The first-order valence-corrected chi connectivity index (χ1v) is 18.3. The molecule has 1 aliphatic rings. The Bertz CT molecular complexity index is 1210. The summed E-state index contributed by atoms with van der Waals surface area (Å²) in [5, 5.41) is 3.26. The van der Waals surface area contributed by atoms with Gasteiger partial charge in [0, 0.05) is 31.6 Å². The van der Waals surface area contributed by atoms with Crippen LogP contribution in [-0.4, -0.2) is 79.6 Å². The van der Waals surface area contributed by atoms with Crippen LogP contribution in [0.2, 0.25) is 0 Å². The van der Waals surface area contributed by atoms with Gasteiger partial charge in [0.25, 0.3) is 0 Å². The van der Waals surface area contributed by atoms with E-state index in [0.29, 0.717) is 18.2 Å². The summed E-state index contributed by atoms with van der Waals surface area (Å²) >= 11 is 0. The number of hydrogen-bond donors (Lipinski definition) is 1. The zero-order valence-electron chi connectivity index (χ0n) is 27.5. The minimum absolute atomic E-state index is 0.0482. The number of nitrogens with zero attached hydrogens (tertiary/aromatic N) is 3. The Kier molecular flexibility index (Phi) is 12.9. The van der Waals surface area contributed by atoms with Crippen molar-refractivity contribution in [2.24, 2.45) is 5.92 Å². The van der Waals surface area contributed by atoms with Crippen molar-refractivity contribution in [1.82, 2.24) is 9.55 Å². The summed E-state index contributed by atoms with van der Waals surface area (Å²) in [4.78, 5) is 18.4. The largest absolute Gasteiger partial charge is 0.469 e. The molecule has 0 aliphatic heterocycles. The van der Waals surface area contributed by atoms with Gasteiger partial charge in [-0.3, -0.25) is 9.36 Å². The normalized spacial score (nSPS) is 18.7. The quantitative estimate of drug-likeness (QED) is 0.160. The Balaban J connectivity index is 2.04. The molecule has 2 aromatic rings. The number of esters is 1. The fourth-order valence-corrected chi connectivity index (χ4v) is 6.05. The average molecular weight is 645 g/mol. The van der Waals surface area contributed by atoms with Crippen LogP contribution in [0.5, 0.6) is 0 Å². The number of ether oxygens (including phenoxy) is 3. The lowest BCUT2D eigenvalue weighted by atomic mass is 9.90. The number of alkyl halides is 3. The third-order valence-corrected chi connectivity index (χ3v) is 9.35. The van der Waals surface area contributed by atoms with Gasteiger partial charge >= 0.3 is 12.1 Å². The van der Waals surface area contributed by atoms with Crippen LogP contribution < -0.4 is 10.2 Å². The van der Waals surface area contributed by atoms with E-state index in [1.807, 2.05) is 25.1 Å². The molecule has 44 heavy (non-hydrogen) atoms. The molecule has 1 aliphatic carbocycles. The SMILES string of the molecule is COC(=O)C[C@@H](C)c1ccc(N(CC(C)C)C2CCC(OC)CC2)c(Nc2nc(C(F)(F)F)cn2COCCS(C)(C)C)c1. The molecule has 0 bridgehead atoms. The van der Waals surface area contributed by atoms with Crippen molar-refractivity contribution in [3.63, 3.8) is 0 Å². The highest BCUT2D eigenvalue weighted by Gasteiger charge is 2.35. The van der Waals surface area contributed by atoms with Gasteiger partial charge in [-0.2, -0.15) is 13.2 Å². The van der Waals surface area contributed by atoms with Crippen LogP contribution in [0.15, 0.2) is 24.4 Å². The molecule has 0 radical (unpaired) electrons. The molecule has 12 heteroatoms. The van der Waals surface area contributed by atoms with Gasteiger partial charge in [-0.05, 0) is 74.0 Å². The minimum Gasteiger partial charge on any atom is -0.469 e. The second-order valence-corrected chi connectivity index (χ2v) is 17.6. The number of rotatable bonds is 15. The van der Waals surface area contributed by atoms with Gasteiger partial charge in [0.1, 0.15) is 6.73 Å². The molecule has 1 atom stereocenters. The van der Waals surface area contributed by atoms with E-state index in [-0.39, 0.29) is 43.1 Å². The number of methoxy groups -OCH3 is 2. The fourth-order valence-electron chi connectivity index (χ4n) is 5.44. The topological polar surface area (TPSA) is 77.9 Å². The Morgan fingerprint density at radius 1 is 1.14 bits per heavy atom. The lowest BCUT2D eigenvalue weighted by Crippen LogP contribution is -2.41. The van der Waals surface area contributed by atoms with E-state index in [0.717, 1.165) is 55.4 Å². The van der Waals surface area contributed by atoms with Gasteiger partial charge in [0.15, 0.2) is 5.69 Å². The highest BCUT2D eigenvalue weighted by molar-refractivity contribution is 8.32. The maximum atomic E-state index is 13.8.